The Kier molecular flexibility index (Phi) is 7.10. The Morgan fingerprint density at radius 2 is 1.80 bits per heavy atom. The van der Waals surface area contributed by atoms with Crippen LogP contribution in [0, 0.1) is 0 Å². The molecule has 1 heterocycles. The van der Waals surface area contributed by atoms with E-state index < -0.39 is 0 Å². The highest BCUT2D eigenvalue weighted by Crippen LogP contribution is 2.44. The van der Waals surface area contributed by atoms with Gasteiger partial charge in [-0.15, -0.1) is 0 Å². The average Bonchev–Trinajstić information content (AvgIpc) is 2.66. The third-order valence-electron chi connectivity index (χ3n) is 5.58. The van der Waals surface area contributed by atoms with E-state index in [1.54, 1.807) is 0 Å². The zero-order valence-corrected chi connectivity index (χ0v) is 19.1. The molecular weight excluding hydrogens is 398 g/mol. The number of halogens is 1. The van der Waals surface area contributed by atoms with Crippen molar-refractivity contribution in [3.8, 4) is 5.75 Å². The van der Waals surface area contributed by atoms with E-state index in [1.165, 1.54) is 0 Å². The molecule has 0 unspecified atom stereocenters. The number of rotatable bonds is 7. The maximum Gasteiger partial charge on any atom is 0.221 e. The summed E-state index contributed by atoms with van der Waals surface area (Å²) in [6, 6.07) is 15.8. The normalized spacial score (nSPS) is 20.7. The number of amides is 1. The third kappa shape index (κ3) is 5.99. The lowest BCUT2D eigenvalue weighted by atomic mass is 9.67. The molecule has 0 saturated carbocycles. The molecule has 4 nitrogen and oxygen atoms in total. The van der Waals surface area contributed by atoms with E-state index in [-0.39, 0.29) is 23.0 Å². The highest BCUT2D eigenvalue weighted by atomic mass is 35.5. The summed E-state index contributed by atoms with van der Waals surface area (Å²) in [4.78, 5) is 13.0. The fraction of sp³-hybridized carbons (Fsp3) is 0.480. The van der Waals surface area contributed by atoms with Crippen LogP contribution >= 0.6 is 11.6 Å². The molecule has 1 saturated heterocycles. The molecule has 0 radical (unpaired) electrons. The molecule has 5 heteroatoms. The summed E-state index contributed by atoms with van der Waals surface area (Å²) >= 11 is 6.10. The van der Waals surface area contributed by atoms with Crippen molar-refractivity contribution in [1.82, 2.24) is 5.32 Å². The van der Waals surface area contributed by atoms with Crippen LogP contribution in [0.3, 0.4) is 0 Å². The zero-order valence-electron chi connectivity index (χ0n) is 18.3. The Hall–Kier alpha value is -2.04. The van der Waals surface area contributed by atoms with Gasteiger partial charge in [-0.2, -0.15) is 0 Å². The van der Waals surface area contributed by atoms with Gasteiger partial charge in [0.15, 0.2) is 0 Å². The topological polar surface area (TPSA) is 47.6 Å². The maximum atomic E-state index is 13.0. The molecule has 30 heavy (non-hydrogen) atoms. The molecule has 1 aliphatic rings. The Bertz CT molecular complexity index is 846. The van der Waals surface area contributed by atoms with Crippen LogP contribution < -0.4 is 10.1 Å². The smallest absolute Gasteiger partial charge is 0.221 e. The quantitative estimate of drug-likeness (QED) is 0.617. The molecular formula is C25H32ClNO3. The summed E-state index contributed by atoms with van der Waals surface area (Å²) in [6.07, 6.45) is 2.17. The van der Waals surface area contributed by atoms with Gasteiger partial charge in [0.2, 0.25) is 5.91 Å². The highest BCUT2D eigenvalue weighted by Gasteiger charge is 2.43. The van der Waals surface area contributed by atoms with Gasteiger partial charge >= 0.3 is 0 Å². The molecule has 0 aromatic heterocycles. The molecule has 0 bridgehead atoms. The lowest BCUT2D eigenvalue weighted by molar-refractivity contribution is -0.126. The summed E-state index contributed by atoms with van der Waals surface area (Å²) in [5, 5.41) is 3.80. The van der Waals surface area contributed by atoms with Crippen molar-refractivity contribution in [2.75, 3.05) is 6.61 Å². The minimum absolute atomic E-state index is 0.0464. The number of nitrogens with one attached hydrogen (secondary N) is 1. The minimum Gasteiger partial charge on any atom is -0.491 e. The Balaban J connectivity index is 1.68. The van der Waals surface area contributed by atoms with Gasteiger partial charge in [-0.25, -0.2) is 0 Å². The van der Waals surface area contributed by atoms with Crippen molar-refractivity contribution in [1.29, 1.82) is 0 Å². The molecule has 1 amide bonds. The van der Waals surface area contributed by atoms with Crippen molar-refractivity contribution in [3.05, 3.63) is 64.7 Å². The summed E-state index contributed by atoms with van der Waals surface area (Å²) in [7, 11) is 0. The molecule has 1 atom stereocenters. The van der Waals surface area contributed by atoms with Crippen molar-refractivity contribution in [3.63, 3.8) is 0 Å². The second-order valence-electron chi connectivity index (χ2n) is 9.09. The molecule has 1 N–H and O–H groups in total. The number of ether oxygens (including phenoxy) is 2. The van der Waals surface area contributed by atoms with Crippen LogP contribution in [0.25, 0.3) is 0 Å². The van der Waals surface area contributed by atoms with E-state index in [2.05, 4.69) is 19.2 Å². The van der Waals surface area contributed by atoms with Gasteiger partial charge in [0, 0.05) is 30.0 Å². The average molecular weight is 430 g/mol. The van der Waals surface area contributed by atoms with Crippen LogP contribution in [0.2, 0.25) is 5.02 Å². The van der Waals surface area contributed by atoms with E-state index in [0.717, 1.165) is 29.7 Å². The molecule has 2 aromatic carbocycles. The van der Waals surface area contributed by atoms with Crippen LogP contribution in [-0.4, -0.2) is 24.2 Å². The van der Waals surface area contributed by atoms with Crippen molar-refractivity contribution in [2.45, 2.75) is 70.6 Å². The highest BCUT2D eigenvalue weighted by molar-refractivity contribution is 6.30. The molecule has 162 valence electrons. The summed E-state index contributed by atoms with van der Waals surface area (Å²) in [5.74, 6) is 0.886. The van der Waals surface area contributed by atoms with Gasteiger partial charge in [-0.1, -0.05) is 35.9 Å². The second-order valence-corrected chi connectivity index (χ2v) is 9.52. The lowest BCUT2D eigenvalue weighted by Gasteiger charge is -2.45. The van der Waals surface area contributed by atoms with Crippen molar-refractivity contribution >= 4 is 17.5 Å². The predicted octanol–water partition coefficient (Wildman–Crippen LogP) is 5.66. The minimum atomic E-state index is -0.273. The van der Waals surface area contributed by atoms with Crippen molar-refractivity contribution in [2.24, 2.45) is 0 Å². The lowest BCUT2D eigenvalue weighted by Crippen LogP contribution is -2.46. The van der Waals surface area contributed by atoms with Gasteiger partial charge < -0.3 is 14.8 Å². The molecule has 2 aromatic rings. The SMILES string of the molecule is CC(C)Oc1ccc(CNC(=O)C[C@@]2(c3ccc(Cl)cc3)CCOC(C)(C)C2)cc1. The van der Waals surface area contributed by atoms with Gasteiger partial charge in [0.1, 0.15) is 5.75 Å². The Morgan fingerprint density at radius 1 is 1.13 bits per heavy atom. The Morgan fingerprint density at radius 3 is 2.40 bits per heavy atom. The number of benzene rings is 2. The monoisotopic (exact) mass is 429 g/mol. The van der Waals surface area contributed by atoms with Crippen LogP contribution in [0.1, 0.15) is 58.1 Å². The third-order valence-corrected chi connectivity index (χ3v) is 5.83. The number of carbonyl (C=O) groups is 1. The number of carbonyl (C=O) groups excluding carboxylic acids is 1. The standard InChI is InChI=1S/C25H32ClNO3/c1-18(2)30-22-11-5-19(6-12-22)16-27-23(28)15-25(13-14-29-24(3,4)17-25)20-7-9-21(26)10-8-20/h5-12,18H,13-17H2,1-4H3,(H,27,28)/t25-/m0/s1. The summed E-state index contributed by atoms with van der Waals surface area (Å²) in [6.45, 7) is 9.33. The first kappa shape index (κ1) is 22.6. The van der Waals surface area contributed by atoms with Crippen LogP contribution in [0.4, 0.5) is 0 Å². The van der Waals surface area contributed by atoms with E-state index in [0.29, 0.717) is 24.6 Å². The first-order chi connectivity index (χ1) is 14.2. The molecule has 1 aliphatic heterocycles. The molecule has 0 spiro atoms. The van der Waals surface area contributed by atoms with E-state index in [9.17, 15) is 4.79 Å². The van der Waals surface area contributed by atoms with Gasteiger partial charge in [-0.05, 0) is 75.9 Å². The first-order valence-electron chi connectivity index (χ1n) is 10.6. The van der Waals surface area contributed by atoms with Crippen LogP contribution in [-0.2, 0) is 21.5 Å². The predicted molar refractivity (Wildman–Crippen MR) is 121 cm³/mol. The van der Waals surface area contributed by atoms with Crippen molar-refractivity contribution < 1.29 is 14.3 Å². The summed E-state index contributed by atoms with van der Waals surface area (Å²) in [5.41, 5.74) is 1.66. The molecule has 3 rings (SSSR count). The van der Waals surface area contributed by atoms with Gasteiger partial charge in [0.05, 0.1) is 11.7 Å². The van der Waals surface area contributed by atoms with E-state index in [1.807, 2.05) is 62.4 Å². The molecule has 1 fully saturated rings. The maximum absolute atomic E-state index is 13.0. The summed E-state index contributed by atoms with van der Waals surface area (Å²) < 4.78 is 11.6. The van der Waals surface area contributed by atoms with Crippen LogP contribution in [0.5, 0.6) is 5.75 Å². The van der Waals surface area contributed by atoms with E-state index >= 15 is 0 Å². The molecule has 0 aliphatic carbocycles. The van der Waals surface area contributed by atoms with Gasteiger partial charge in [0.25, 0.3) is 0 Å². The zero-order chi connectivity index (χ0) is 21.8. The van der Waals surface area contributed by atoms with Gasteiger partial charge in [-0.3, -0.25) is 4.79 Å². The fourth-order valence-corrected chi connectivity index (χ4v) is 4.43. The number of hydrogen-bond acceptors (Lipinski definition) is 3. The van der Waals surface area contributed by atoms with Crippen LogP contribution in [0.15, 0.2) is 48.5 Å². The fourth-order valence-electron chi connectivity index (χ4n) is 4.31. The largest absolute Gasteiger partial charge is 0.491 e. The van der Waals surface area contributed by atoms with E-state index in [4.69, 9.17) is 21.1 Å². The Labute approximate surface area is 184 Å². The second kappa shape index (κ2) is 9.40. The first-order valence-corrected chi connectivity index (χ1v) is 11.0. The number of hydrogen-bond donors (Lipinski definition) is 1.